The van der Waals surface area contributed by atoms with Crippen LogP contribution >= 0.6 is 23.5 Å². The molecule has 2 fully saturated rings. The number of aliphatic carboxylic acids is 2. The van der Waals surface area contributed by atoms with Crippen molar-refractivity contribution in [3.05, 3.63) is 59.7 Å². The average molecular weight is 689 g/mol. The predicted molar refractivity (Wildman–Crippen MR) is 161 cm³/mol. The van der Waals surface area contributed by atoms with Crippen LogP contribution in [0.1, 0.15) is 60.4 Å². The number of halogens is 4. The van der Waals surface area contributed by atoms with E-state index in [0.717, 1.165) is 0 Å². The molecule has 46 heavy (non-hydrogen) atoms. The Morgan fingerprint density at radius 1 is 0.696 bits per heavy atom. The minimum Gasteiger partial charge on any atom is -0.480 e. The number of ether oxygens (including phenoxy) is 2. The number of carbonyl (C=O) groups excluding carboxylic acids is 2. The first kappa shape index (κ1) is 35.2. The van der Waals surface area contributed by atoms with Gasteiger partial charge in [0.1, 0.15) is 34.3 Å². The number of hydrogen-bond acceptors (Lipinski definition) is 8. The SMILES string of the molecule is O=C(O)[C@@H]1CSC(c2cccc(OC(F)F)c2)N1C(=O)CCCCCCC(=O)N1C(c2cccc(OC(F)F)c2)SC[C@H]1C(=O)O. The maximum absolute atomic E-state index is 13.2. The number of amides is 2. The van der Waals surface area contributed by atoms with Crippen molar-refractivity contribution in [2.24, 2.45) is 0 Å². The van der Waals surface area contributed by atoms with Crippen molar-refractivity contribution in [3.63, 3.8) is 0 Å². The highest BCUT2D eigenvalue weighted by molar-refractivity contribution is 8.00. The van der Waals surface area contributed by atoms with Crippen LogP contribution in [-0.4, -0.2) is 80.6 Å². The first-order chi connectivity index (χ1) is 22.0. The maximum atomic E-state index is 13.2. The smallest absolute Gasteiger partial charge is 0.387 e. The molecular weight excluding hydrogens is 656 g/mol. The van der Waals surface area contributed by atoms with Crippen LogP contribution in [0.4, 0.5) is 17.6 Å². The lowest BCUT2D eigenvalue weighted by Crippen LogP contribution is -2.43. The lowest BCUT2D eigenvalue weighted by Gasteiger charge is -2.28. The van der Waals surface area contributed by atoms with Gasteiger partial charge < -0.3 is 29.5 Å². The van der Waals surface area contributed by atoms with Gasteiger partial charge in [-0.25, -0.2) is 9.59 Å². The van der Waals surface area contributed by atoms with Gasteiger partial charge in [0.25, 0.3) is 0 Å². The summed E-state index contributed by atoms with van der Waals surface area (Å²) in [6.45, 7) is -6.07. The number of thioether (sulfide) groups is 2. The van der Waals surface area contributed by atoms with E-state index in [0.29, 0.717) is 36.8 Å². The van der Waals surface area contributed by atoms with Crippen LogP contribution < -0.4 is 9.47 Å². The molecule has 0 spiro atoms. The van der Waals surface area contributed by atoms with Crippen LogP contribution in [0.2, 0.25) is 0 Å². The second kappa shape index (κ2) is 16.3. The monoisotopic (exact) mass is 688 g/mol. The highest BCUT2D eigenvalue weighted by Crippen LogP contribution is 2.44. The molecule has 2 aliphatic rings. The van der Waals surface area contributed by atoms with Gasteiger partial charge >= 0.3 is 25.2 Å². The number of hydrogen-bond donors (Lipinski definition) is 2. The molecule has 250 valence electrons. The normalized spacial score (nSPS) is 21.2. The zero-order valence-electron chi connectivity index (χ0n) is 24.3. The number of carbonyl (C=O) groups is 4. The van der Waals surface area contributed by atoms with E-state index < -0.39 is 59.8 Å². The van der Waals surface area contributed by atoms with Crippen LogP contribution in [0.3, 0.4) is 0 Å². The zero-order chi connectivity index (χ0) is 33.4. The minimum absolute atomic E-state index is 0.0327. The highest BCUT2D eigenvalue weighted by Gasteiger charge is 2.43. The van der Waals surface area contributed by atoms with Gasteiger partial charge in [-0.2, -0.15) is 17.6 Å². The fourth-order valence-electron chi connectivity index (χ4n) is 5.37. The van der Waals surface area contributed by atoms with Crippen LogP contribution in [0.5, 0.6) is 11.5 Å². The molecule has 16 heteroatoms. The minimum atomic E-state index is -3.03. The molecule has 2 aromatic carbocycles. The number of unbranched alkanes of at least 4 members (excludes halogenated alkanes) is 3. The molecule has 0 aliphatic carbocycles. The van der Waals surface area contributed by atoms with Gasteiger partial charge in [-0.3, -0.25) is 9.59 Å². The van der Waals surface area contributed by atoms with Gasteiger partial charge in [-0.15, -0.1) is 23.5 Å². The molecular formula is C30H32F4N2O8S2. The topological polar surface area (TPSA) is 134 Å². The van der Waals surface area contributed by atoms with Gasteiger partial charge in [-0.05, 0) is 48.2 Å². The molecule has 2 aromatic rings. The van der Waals surface area contributed by atoms with Crippen LogP contribution in [0.15, 0.2) is 48.5 Å². The summed E-state index contributed by atoms with van der Waals surface area (Å²) in [7, 11) is 0. The van der Waals surface area contributed by atoms with Crippen LogP contribution in [0, 0.1) is 0 Å². The van der Waals surface area contributed by atoms with E-state index in [1.807, 2.05) is 0 Å². The predicted octanol–water partition coefficient (Wildman–Crippen LogP) is 5.98. The second-order valence-corrected chi connectivity index (χ2v) is 12.7. The number of rotatable bonds is 15. The van der Waals surface area contributed by atoms with Crippen molar-refractivity contribution >= 4 is 47.3 Å². The van der Waals surface area contributed by atoms with E-state index in [2.05, 4.69) is 9.47 Å². The van der Waals surface area contributed by atoms with Crippen molar-refractivity contribution in [1.29, 1.82) is 0 Å². The Balaban J connectivity index is 1.30. The van der Waals surface area contributed by atoms with Crippen molar-refractivity contribution in [3.8, 4) is 11.5 Å². The third-order valence-corrected chi connectivity index (χ3v) is 10.1. The van der Waals surface area contributed by atoms with Crippen molar-refractivity contribution in [2.75, 3.05) is 11.5 Å². The summed E-state index contributed by atoms with van der Waals surface area (Å²) in [6, 6.07) is 9.44. The molecule has 0 saturated carbocycles. The maximum Gasteiger partial charge on any atom is 0.387 e. The standard InChI is InChI=1S/C30H32F4N2O8S2/c31-29(32)43-19-9-5-7-17(13-19)25-35(21(15-45-25)27(39)40)23(37)11-3-1-2-4-12-24(38)36-22(28(41)42)16-46-26(36)18-8-6-10-20(14-18)44-30(33)34/h5-10,13-14,21-22,25-26,29-30H,1-4,11-12,15-16H2,(H,39,40)(H,41,42)/t21-,22-,25?,26?/m0/s1. The molecule has 0 bridgehead atoms. The third kappa shape index (κ3) is 8.99. The van der Waals surface area contributed by atoms with Gasteiger partial charge in [-0.1, -0.05) is 37.1 Å². The summed E-state index contributed by atoms with van der Waals surface area (Å²) in [5, 5.41) is 18.0. The van der Waals surface area contributed by atoms with Gasteiger partial charge in [0.05, 0.1) is 0 Å². The van der Waals surface area contributed by atoms with E-state index in [9.17, 15) is 47.0 Å². The Hall–Kier alpha value is -3.66. The summed E-state index contributed by atoms with van der Waals surface area (Å²) in [5.41, 5.74) is 0.926. The number of benzene rings is 2. The molecule has 4 rings (SSSR count). The second-order valence-electron chi connectivity index (χ2n) is 10.5. The van der Waals surface area contributed by atoms with Crippen molar-refractivity contribution in [2.45, 2.75) is 74.6 Å². The van der Waals surface area contributed by atoms with E-state index >= 15 is 0 Å². The molecule has 0 aromatic heterocycles. The first-order valence-electron chi connectivity index (χ1n) is 14.4. The Kier molecular flexibility index (Phi) is 12.4. The molecule has 2 amide bonds. The average Bonchev–Trinajstić information content (AvgIpc) is 3.64. The Bertz CT molecular complexity index is 1300. The lowest BCUT2D eigenvalue weighted by molar-refractivity contribution is -0.149. The molecule has 2 unspecified atom stereocenters. The number of carboxylic acids is 2. The van der Waals surface area contributed by atoms with Gasteiger partial charge in [0.15, 0.2) is 0 Å². The van der Waals surface area contributed by atoms with E-state index in [1.54, 1.807) is 12.1 Å². The van der Waals surface area contributed by atoms with Gasteiger partial charge in [0.2, 0.25) is 11.8 Å². The summed E-state index contributed by atoms with van der Waals surface area (Å²) in [4.78, 5) is 52.7. The lowest BCUT2D eigenvalue weighted by atomic mass is 10.1. The summed E-state index contributed by atoms with van der Waals surface area (Å²) in [5.74, 6) is -3.10. The number of carboxylic acid groups (broad SMARTS) is 2. The quantitative estimate of drug-likeness (QED) is 0.170. The molecule has 2 aliphatic heterocycles. The summed E-state index contributed by atoms with van der Waals surface area (Å²) < 4.78 is 59.7. The largest absolute Gasteiger partial charge is 0.480 e. The fraction of sp³-hybridized carbons (Fsp3) is 0.467. The van der Waals surface area contributed by atoms with Crippen LogP contribution in [0.25, 0.3) is 0 Å². The molecule has 10 nitrogen and oxygen atoms in total. The first-order valence-corrected chi connectivity index (χ1v) is 16.5. The Labute approximate surface area is 270 Å². The van der Waals surface area contributed by atoms with E-state index in [4.69, 9.17) is 0 Å². The summed E-state index contributed by atoms with van der Waals surface area (Å²) >= 11 is 2.44. The molecule has 0 radical (unpaired) electrons. The van der Waals surface area contributed by atoms with Crippen molar-refractivity contribution < 1.29 is 56.4 Å². The number of nitrogens with zero attached hydrogens (tertiary/aromatic N) is 2. The molecule has 2 N–H and O–H groups in total. The van der Waals surface area contributed by atoms with E-state index in [1.165, 1.54) is 69.7 Å². The summed E-state index contributed by atoms with van der Waals surface area (Å²) in [6.07, 6.45) is 1.94. The third-order valence-electron chi connectivity index (χ3n) is 7.41. The molecule has 2 saturated heterocycles. The zero-order valence-corrected chi connectivity index (χ0v) is 25.9. The van der Waals surface area contributed by atoms with Gasteiger partial charge in [0, 0.05) is 24.3 Å². The Morgan fingerprint density at radius 3 is 1.43 bits per heavy atom. The fourth-order valence-corrected chi connectivity index (χ4v) is 8.23. The molecule has 4 atom stereocenters. The van der Waals surface area contributed by atoms with E-state index in [-0.39, 0.29) is 35.8 Å². The van der Waals surface area contributed by atoms with Crippen molar-refractivity contribution in [1.82, 2.24) is 9.80 Å². The highest BCUT2D eigenvalue weighted by atomic mass is 32.2. The number of alkyl halides is 4. The Morgan fingerprint density at radius 2 is 1.09 bits per heavy atom. The van der Waals surface area contributed by atoms with Crippen LogP contribution in [-0.2, 0) is 19.2 Å². The molecule has 2 heterocycles.